The van der Waals surface area contributed by atoms with Gasteiger partial charge in [0.2, 0.25) is 0 Å². The average Bonchev–Trinajstić information content (AvgIpc) is 2.40. The molecule has 1 N–H and O–H groups in total. The van der Waals surface area contributed by atoms with Gasteiger partial charge in [0.05, 0.1) is 11.8 Å². The van der Waals surface area contributed by atoms with Gasteiger partial charge in [-0.2, -0.15) is 10.2 Å². The fourth-order valence-corrected chi connectivity index (χ4v) is 1.81. The van der Waals surface area contributed by atoms with Gasteiger partial charge in [0.15, 0.2) is 0 Å². The van der Waals surface area contributed by atoms with Crippen molar-refractivity contribution in [2.75, 3.05) is 13.7 Å². The van der Waals surface area contributed by atoms with E-state index in [0.717, 1.165) is 25.8 Å². The van der Waals surface area contributed by atoms with Gasteiger partial charge in [0, 0.05) is 19.3 Å². The molecule has 0 fully saturated rings. The van der Waals surface area contributed by atoms with Gasteiger partial charge < -0.3 is 10.1 Å². The molecule has 102 valence electrons. The molecular weight excluding hydrogens is 226 g/mol. The van der Waals surface area contributed by atoms with Crippen molar-refractivity contribution in [2.45, 2.75) is 51.7 Å². The fraction of sp³-hybridized carbons (Fsp3) is 0.714. The second-order valence-electron chi connectivity index (χ2n) is 5.18. The van der Waals surface area contributed by atoms with Gasteiger partial charge in [-0.3, -0.25) is 0 Å². The Balaban J connectivity index is 2.62. The van der Waals surface area contributed by atoms with E-state index < -0.39 is 0 Å². The van der Waals surface area contributed by atoms with Crippen molar-refractivity contribution in [3.63, 3.8) is 0 Å². The molecule has 0 aliphatic heterocycles. The molecule has 1 unspecified atom stereocenters. The molecular formula is C14H25N3O. The van der Waals surface area contributed by atoms with Gasteiger partial charge in [0.25, 0.3) is 0 Å². The van der Waals surface area contributed by atoms with Crippen molar-refractivity contribution in [1.29, 1.82) is 0 Å². The number of nitrogens with zero attached hydrogens (tertiary/aromatic N) is 2. The molecule has 18 heavy (non-hydrogen) atoms. The molecule has 0 aliphatic rings. The van der Waals surface area contributed by atoms with Crippen LogP contribution in [0.4, 0.5) is 0 Å². The van der Waals surface area contributed by atoms with Crippen LogP contribution in [0.25, 0.3) is 0 Å². The summed E-state index contributed by atoms with van der Waals surface area (Å²) in [5.41, 5.74) is 1.12. The highest BCUT2D eigenvalue weighted by Gasteiger charge is 2.20. The van der Waals surface area contributed by atoms with E-state index in [-0.39, 0.29) is 5.60 Å². The summed E-state index contributed by atoms with van der Waals surface area (Å²) in [5, 5.41) is 11.3. The van der Waals surface area contributed by atoms with Crippen LogP contribution in [-0.4, -0.2) is 29.5 Å². The minimum atomic E-state index is -0.0768. The Morgan fingerprint density at radius 1 is 1.39 bits per heavy atom. The van der Waals surface area contributed by atoms with E-state index in [9.17, 15) is 0 Å². The molecule has 1 heterocycles. The first-order valence-electron chi connectivity index (χ1n) is 6.64. The van der Waals surface area contributed by atoms with Crippen LogP contribution in [-0.2, 0) is 4.74 Å². The lowest BCUT2D eigenvalue weighted by molar-refractivity contribution is 0.0116. The lowest BCUT2D eigenvalue weighted by Crippen LogP contribution is -2.28. The zero-order valence-electron chi connectivity index (χ0n) is 11.9. The van der Waals surface area contributed by atoms with Crippen molar-refractivity contribution in [3.05, 3.63) is 24.0 Å². The lowest BCUT2D eigenvalue weighted by Gasteiger charge is -2.26. The molecule has 4 nitrogen and oxygen atoms in total. The van der Waals surface area contributed by atoms with Crippen molar-refractivity contribution in [3.8, 4) is 0 Å². The number of hydrogen-bond donors (Lipinski definition) is 1. The van der Waals surface area contributed by atoms with E-state index in [1.54, 1.807) is 13.3 Å². The molecule has 1 aromatic rings. The van der Waals surface area contributed by atoms with E-state index in [2.05, 4.69) is 36.3 Å². The van der Waals surface area contributed by atoms with Crippen molar-refractivity contribution in [2.24, 2.45) is 0 Å². The predicted molar refractivity (Wildman–Crippen MR) is 73.4 cm³/mol. The quantitative estimate of drug-likeness (QED) is 0.771. The van der Waals surface area contributed by atoms with Gasteiger partial charge >= 0.3 is 0 Å². The van der Waals surface area contributed by atoms with Crippen molar-refractivity contribution < 1.29 is 4.74 Å². The monoisotopic (exact) mass is 251 g/mol. The predicted octanol–water partition coefficient (Wildman–Crippen LogP) is 2.72. The standard InChI is InChI=1S/C14H25N3O/c1-5-9-15-13(6-8-14(2,3)18-4)12-7-10-16-17-11-12/h7,10-11,13,15H,5-6,8-9H2,1-4H3. The Labute approximate surface area is 110 Å². The highest BCUT2D eigenvalue weighted by atomic mass is 16.5. The second-order valence-corrected chi connectivity index (χ2v) is 5.18. The van der Waals surface area contributed by atoms with Gasteiger partial charge in [0.1, 0.15) is 0 Å². The zero-order valence-corrected chi connectivity index (χ0v) is 11.9. The first-order valence-corrected chi connectivity index (χ1v) is 6.64. The summed E-state index contributed by atoms with van der Waals surface area (Å²) in [5.74, 6) is 0. The molecule has 0 aliphatic carbocycles. The molecule has 0 saturated heterocycles. The maximum atomic E-state index is 5.47. The van der Waals surface area contributed by atoms with Gasteiger partial charge in [-0.05, 0) is 51.3 Å². The molecule has 0 saturated carbocycles. The van der Waals surface area contributed by atoms with Crippen LogP contribution in [0.1, 0.15) is 51.6 Å². The SMILES string of the molecule is CCCNC(CCC(C)(C)OC)c1ccnnc1. The van der Waals surface area contributed by atoms with Crippen molar-refractivity contribution in [1.82, 2.24) is 15.5 Å². The largest absolute Gasteiger partial charge is 0.379 e. The van der Waals surface area contributed by atoms with Gasteiger partial charge in [-0.15, -0.1) is 0 Å². The normalized spacial score (nSPS) is 13.6. The minimum absolute atomic E-state index is 0.0768. The number of nitrogens with one attached hydrogen (secondary N) is 1. The Kier molecular flexibility index (Phi) is 6.22. The van der Waals surface area contributed by atoms with Crippen LogP contribution in [0.15, 0.2) is 18.5 Å². The van der Waals surface area contributed by atoms with E-state index in [1.807, 2.05) is 12.3 Å². The van der Waals surface area contributed by atoms with E-state index in [4.69, 9.17) is 4.74 Å². The Morgan fingerprint density at radius 2 is 2.17 bits per heavy atom. The van der Waals surface area contributed by atoms with Crippen LogP contribution < -0.4 is 5.32 Å². The topological polar surface area (TPSA) is 47.0 Å². The fourth-order valence-electron chi connectivity index (χ4n) is 1.81. The Morgan fingerprint density at radius 3 is 2.72 bits per heavy atom. The molecule has 0 spiro atoms. The first kappa shape index (κ1) is 15.1. The van der Waals surface area contributed by atoms with Crippen molar-refractivity contribution >= 4 is 0 Å². The third kappa shape index (κ3) is 5.10. The summed E-state index contributed by atoms with van der Waals surface area (Å²) in [6.07, 6.45) is 6.76. The molecule has 0 radical (unpaired) electrons. The Hall–Kier alpha value is -1.00. The Bertz CT molecular complexity index is 327. The number of rotatable bonds is 8. The van der Waals surface area contributed by atoms with E-state index in [1.165, 1.54) is 5.56 Å². The summed E-state index contributed by atoms with van der Waals surface area (Å²) in [6.45, 7) is 7.43. The van der Waals surface area contributed by atoms with Gasteiger partial charge in [-0.1, -0.05) is 6.92 Å². The molecule has 1 atom stereocenters. The van der Waals surface area contributed by atoms with Crippen LogP contribution in [0.5, 0.6) is 0 Å². The summed E-state index contributed by atoms with van der Waals surface area (Å²) in [4.78, 5) is 0. The molecule has 1 aromatic heterocycles. The number of hydrogen-bond acceptors (Lipinski definition) is 4. The highest BCUT2D eigenvalue weighted by Crippen LogP contribution is 2.23. The molecule has 4 heteroatoms. The van der Waals surface area contributed by atoms with Crippen LogP contribution >= 0.6 is 0 Å². The summed E-state index contributed by atoms with van der Waals surface area (Å²) >= 11 is 0. The number of methoxy groups -OCH3 is 1. The number of ether oxygens (including phenoxy) is 1. The second kappa shape index (κ2) is 7.44. The minimum Gasteiger partial charge on any atom is -0.379 e. The molecule has 0 aromatic carbocycles. The smallest absolute Gasteiger partial charge is 0.0623 e. The van der Waals surface area contributed by atoms with Crippen LogP contribution in [0, 0.1) is 0 Å². The highest BCUT2D eigenvalue weighted by molar-refractivity contribution is 5.11. The first-order chi connectivity index (χ1) is 8.59. The summed E-state index contributed by atoms with van der Waals surface area (Å²) in [6, 6.07) is 2.36. The summed E-state index contributed by atoms with van der Waals surface area (Å²) < 4.78 is 5.47. The maximum Gasteiger partial charge on any atom is 0.0623 e. The third-order valence-corrected chi connectivity index (χ3v) is 3.24. The van der Waals surface area contributed by atoms with Crippen LogP contribution in [0.2, 0.25) is 0 Å². The van der Waals surface area contributed by atoms with Crippen LogP contribution in [0.3, 0.4) is 0 Å². The zero-order chi connectivity index (χ0) is 13.4. The average molecular weight is 251 g/mol. The number of aromatic nitrogens is 2. The molecule has 0 bridgehead atoms. The lowest BCUT2D eigenvalue weighted by atomic mass is 9.96. The third-order valence-electron chi connectivity index (χ3n) is 3.24. The molecule has 0 amide bonds. The van der Waals surface area contributed by atoms with E-state index >= 15 is 0 Å². The molecule has 1 rings (SSSR count). The maximum absolute atomic E-state index is 5.47. The summed E-state index contributed by atoms with van der Waals surface area (Å²) in [7, 11) is 1.77. The van der Waals surface area contributed by atoms with E-state index in [0.29, 0.717) is 6.04 Å². The van der Waals surface area contributed by atoms with Gasteiger partial charge in [-0.25, -0.2) is 0 Å².